The van der Waals surface area contributed by atoms with Crippen LogP contribution in [0.25, 0.3) is 0 Å². The number of rotatable bonds is 5. The van der Waals surface area contributed by atoms with Crippen LogP contribution >= 0.6 is 11.6 Å². The van der Waals surface area contributed by atoms with Gasteiger partial charge in [-0.05, 0) is 48.7 Å². The Labute approximate surface area is 156 Å². The molecule has 0 fully saturated rings. The molecule has 132 valence electrons. The maximum atomic E-state index is 12.5. The van der Waals surface area contributed by atoms with Crippen LogP contribution in [0, 0.1) is 13.8 Å². The normalized spacial score (nSPS) is 10.4. The van der Waals surface area contributed by atoms with Crippen LogP contribution < -0.4 is 10.6 Å². The molecule has 6 nitrogen and oxygen atoms in total. The van der Waals surface area contributed by atoms with Crippen molar-refractivity contribution in [1.29, 1.82) is 0 Å². The van der Waals surface area contributed by atoms with Crippen LogP contribution in [-0.4, -0.2) is 20.9 Å². The van der Waals surface area contributed by atoms with Crippen molar-refractivity contribution in [1.82, 2.24) is 15.0 Å². The number of hydrogen-bond donors (Lipinski definition) is 2. The molecule has 0 saturated heterocycles. The van der Waals surface area contributed by atoms with Crippen LogP contribution in [0.3, 0.4) is 0 Å². The van der Waals surface area contributed by atoms with E-state index in [9.17, 15) is 4.79 Å². The fraction of sp³-hybridized carbons (Fsp3) is 0.158. The summed E-state index contributed by atoms with van der Waals surface area (Å²) in [7, 11) is 0. The van der Waals surface area contributed by atoms with Crippen LogP contribution in [0.15, 0.2) is 49.1 Å². The van der Waals surface area contributed by atoms with Crippen molar-refractivity contribution in [2.24, 2.45) is 0 Å². The molecule has 0 bridgehead atoms. The SMILES string of the molecule is Cc1cc(C)c(NC(=O)c2cc(NCc3ccncc3)ncn2)c(Cl)c1. The minimum atomic E-state index is -0.340. The molecule has 3 aromatic rings. The molecule has 0 unspecified atom stereocenters. The highest BCUT2D eigenvalue weighted by atomic mass is 35.5. The van der Waals surface area contributed by atoms with Gasteiger partial charge in [0, 0.05) is 25.0 Å². The van der Waals surface area contributed by atoms with Crippen molar-refractivity contribution < 1.29 is 4.79 Å². The molecule has 0 aliphatic rings. The summed E-state index contributed by atoms with van der Waals surface area (Å²) in [5.41, 5.74) is 3.84. The summed E-state index contributed by atoms with van der Waals surface area (Å²) in [4.78, 5) is 24.7. The number of anilines is 2. The number of aryl methyl sites for hydroxylation is 2. The van der Waals surface area contributed by atoms with Crippen molar-refractivity contribution in [3.05, 3.63) is 76.5 Å². The highest BCUT2D eigenvalue weighted by molar-refractivity contribution is 6.34. The van der Waals surface area contributed by atoms with Crippen molar-refractivity contribution >= 4 is 29.0 Å². The first-order valence-corrected chi connectivity index (χ1v) is 8.43. The molecule has 1 aromatic carbocycles. The van der Waals surface area contributed by atoms with Gasteiger partial charge >= 0.3 is 0 Å². The Kier molecular flexibility index (Phi) is 5.43. The molecule has 1 amide bonds. The number of carbonyl (C=O) groups excluding carboxylic acids is 1. The smallest absolute Gasteiger partial charge is 0.274 e. The Balaban J connectivity index is 1.72. The predicted octanol–water partition coefficient (Wildman–Crippen LogP) is 4.01. The lowest BCUT2D eigenvalue weighted by molar-refractivity contribution is 0.102. The number of nitrogens with one attached hydrogen (secondary N) is 2. The molecule has 7 heteroatoms. The number of benzene rings is 1. The van der Waals surface area contributed by atoms with Gasteiger partial charge in [-0.15, -0.1) is 0 Å². The zero-order valence-electron chi connectivity index (χ0n) is 14.5. The van der Waals surface area contributed by atoms with E-state index in [0.29, 0.717) is 23.1 Å². The molecule has 0 atom stereocenters. The van der Waals surface area contributed by atoms with Gasteiger partial charge in [-0.25, -0.2) is 9.97 Å². The number of carbonyl (C=O) groups is 1. The topological polar surface area (TPSA) is 79.8 Å². The lowest BCUT2D eigenvalue weighted by Crippen LogP contribution is -2.16. The fourth-order valence-electron chi connectivity index (χ4n) is 2.52. The van der Waals surface area contributed by atoms with Gasteiger partial charge in [-0.1, -0.05) is 17.7 Å². The van der Waals surface area contributed by atoms with Crippen LogP contribution in [-0.2, 0) is 6.54 Å². The zero-order valence-corrected chi connectivity index (χ0v) is 15.2. The third-order valence-electron chi connectivity index (χ3n) is 3.79. The number of halogens is 1. The highest BCUT2D eigenvalue weighted by Crippen LogP contribution is 2.27. The zero-order chi connectivity index (χ0) is 18.5. The third kappa shape index (κ3) is 4.34. The summed E-state index contributed by atoms with van der Waals surface area (Å²) in [6.07, 6.45) is 4.81. The fourth-order valence-corrected chi connectivity index (χ4v) is 2.89. The van der Waals surface area contributed by atoms with Crippen LogP contribution in [0.5, 0.6) is 0 Å². The van der Waals surface area contributed by atoms with E-state index in [1.807, 2.05) is 38.1 Å². The monoisotopic (exact) mass is 367 g/mol. The lowest BCUT2D eigenvalue weighted by Gasteiger charge is -2.12. The first-order valence-electron chi connectivity index (χ1n) is 8.06. The summed E-state index contributed by atoms with van der Waals surface area (Å²) >= 11 is 6.25. The maximum absolute atomic E-state index is 12.5. The Morgan fingerprint density at radius 2 is 1.88 bits per heavy atom. The summed E-state index contributed by atoms with van der Waals surface area (Å²) in [5.74, 6) is 0.224. The van der Waals surface area contributed by atoms with E-state index in [4.69, 9.17) is 11.6 Å². The quantitative estimate of drug-likeness (QED) is 0.712. The number of nitrogens with zero attached hydrogens (tertiary/aromatic N) is 3. The van der Waals surface area contributed by atoms with E-state index in [1.54, 1.807) is 18.5 Å². The van der Waals surface area contributed by atoms with Crippen molar-refractivity contribution in [3.8, 4) is 0 Å². The second kappa shape index (κ2) is 7.93. The average Bonchev–Trinajstić information content (AvgIpc) is 2.64. The molecule has 0 saturated carbocycles. The van der Waals surface area contributed by atoms with E-state index < -0.39 is 0 Å². The van der Waals surface area contributed by atoms with Crippen LogP contribution in [0.2, 0.25) is 5.02 Å². The minimum Gasteiger partial charge on any atom is -0.366 e. The number of pyridine rings is 1. The van der Waals surface area contributed by atoms with E-state index in [0.717, 1.165) is 16.7 Å². The Morgan fingerprint density at radius 3 is 2.62 bits per heavy atom. The average molecular weight is 368 g/mol. The Morgan fingerprint density at radius 1 is 1.12 bits per heavy atom. The second-order valence-electron chi connectivity index (χ2n) is 5.89. The van der Waals surface area contributed by atoms with E-state index in [1.165, 1.54) is 6.33 Å². The number of amides is 1. The second-order valence-corrected chi connectivity index (χ2v) is 6.30. The molecule has 0 aliphatic heterocycles. The van der Waals surface area contributed by atoms with Gasteiger partial charge in [0.2, 0.25) is 0 Å². The third-order valence-corrected chi connectivity index (χ3v) is 4.09. The van der Waals surface area contributed by atoms with Gasteiger partial charge in [0.25, 0.3) is 5.91 Å². The van der Waals surface area contributed by atoms with Crippen LogP contribution in [0.4, 0.5) is 11.5 Å². The molecule has 26 heavy (non-hydrogen) atoms. The van der Waals surface area contributed by atoms with Gasteiger partial charge in [-0.2, -0.15) is 0 Å². The van der Waals surface area contributed by atoms with Gasteiger partial charge in [-0.3, -0.25) is 9.78 Å². The minimum absolute atomic E-state index is 0.258. The molecule has 0 spiro atoms. The lowest BCUT2D eigenvalue weighted by atomic mass is 10.1. The molecule has 2 aromatic heterocycles. The largest absolute Gasteiger partial charge is 0.366 e. The molecule has 3 rings (SSSR count). The molecular weight excluding hydrogens is 350 g/mol. The van der Waals surface area contributed by atoms with E-state index in [-0.39, 0.29) is 11.6 Å². The standard InChI is InChI=1S/C19H18ClN5O/c1-12-7-13(2)18(15(20)8-12)25-19(26)16-9-17(24-11-23-16)22-10-14-3-5-21-6-4-14/h3-9,11H,10H2,1-2H3,(H,25,26)(H,22,23,24). The summed E-state index contributed by atoms with van der Waals surface area (Å²) in [6, 6.07) is 9.19. The molecular formula is C19H18ClN5O. The van der Waals surface area contributed by atoms with Crippen molar-refractivity contribution in [3.63, 3.8) is 0 Å². The first-order chi connectivity index (χ1) is 12.5. The van der Waals surface area contributed by atoms with Crippen molar-refractivity contribution in [2.45, 2.75) is 20.4 Å². The molecule has 0 radical (unpaired) electrons. The van der Waals surface area contributed by atoms with Gasteiger partial charge in [0.05, 0.1) is 10.7 Å². The summed E-state index contributed by atoms with van der Waals surface area (Å²) < 4.78 is 0. The molecule has 2 heterocycles. The first kappa shape index (κ1) is 17.8. The Hall–Kier alpha value is -2.99. The highest BCUT2D eigenvalue weighted by Gasteiger charge is 2.13. The van der Waals surface area contributed by atoms with Gasteiger partial charge < -0.3 is 10.6 Å². The van der Waals surface area contributed by atoms with Gasteiger partial charge in [0.15, 0.2) is 0 Å². The summed E-state index contributed by atoms with van der Waals surface area (Å²) in [6.45, 7) is 4.43. The van der Waals surface area contributed by atoms with Crippen LogP contribution in [0.1, 0.15) is 27.2 Å². The van der Waals surface area contributed by atoms with E-state index >= 15 is 0 Å². The predicted molar refractivity (Wildman–Crippen MR) is 102 cm³/mol. The maximum Gasteiger partial charge on any atom is 0.274 e. The van der Waals surface area contributed by atoms with Gasteiger partial charge in [0.1, 0.15) is 17.8 Å². The van der Waals surface area contributed by atoms with Crippen molar-refractivity contribution in [2.75, 3.05) is 10.6 Å². The molecule has 2 N–H and O–H groups in total. The summed E-state index contributed by atoms with van der Waals surface area (Å²) in [5, 5.41) is 6.49. The number of hydrogen-bond acceptors (Lipinski definition) is 5. The molecule has 0 aliphatic carbocycles. The van der Waals surface area contributed by atoms with E-state index in [2.05, 4.69) is 25.6 Å². The number of aromatic nitrogens is 3. The Bertz CT molecular complexity index is 907.